The molecule has 2 aromatic heterocycles. The average Bonchev–Trinajstić information content (AvgIpc) is 3.04. The van der Waals surface area contributed by atoms with Crippen LogP contribution >= 0.6 is 0 Å². The first kappa shape index (κ1) is 15.3. The standard InChI is InChI=1S/C17H21N5O/c1-21(2)15(13-5-4-6-14(9-13)23-3)11-20-17-16-10-18-12-22(16)8-7-19-17/h4-10,12,15H,11H2,1-3H3,(H,19,20). The van der Waals surface area contributed by atoms with Crippen molar-refractivity contribution in [3.05, 3.63) is 54.7 Å². The molecular weight excluding hydrogens is 290 g/mol. The Morgan fingerprint density at radius 3 is 3.00 bits per heavy atom. The fourth-order valence-corrected chi connectivity index (χ4v) is 2.63. The van der Waals surface area contributed by atoms with Gasteiger partial charge in [-0.15, -0.1) is 0 Å². The van der Waals surface area contributed by atoms with Gasteiger partial charge in [0.05, 0.1) is 25.7 Å². The number of ether oxygens (including phenoxy) is 1. The van der Waals surface area contributed by atoms with Crippen LogP contribution in [-0.2, 0) is 0 Å². The molecule has 0 amide bonds. The van der Waals surface area contributed by atoms with E-state index in [-0.39, 0.29) is 6.04 Å². The maximum atomic E-state index is 5.33. The minimum atomic E-state index is 0.204. The molecule has 2 heterocycles. The van der Waals surface area contributed by atoms with Crippen molar-refractivity contribution >= 4 is 11.3 Å². The van der Waals surface area contributed by atoms with Crippen LogP contribution in [0.3, 0.4) is 0 Å². The largest absolute Gasteiger partial charge is 0.497 e. The van der Waals surface area contributed by atoms with Crippen LogP contribution in [0.2, 0.25) is 0 Å². The van der Waals surface area contributed by atoms with E-state index in [1.807, 2.05) is 28.9 Å². The van der Waals surface area contributed by atoms with Gasteiger partial charge in [-0.05, 0) is 31.8 Å². The zero-order valence-corrected chi connectivity index (χ0v) is 13.6. The Labute approximate surface area is 135 Å². The number of rotatable bonds is 6. The topological polar surface area (TPSA) is 54.7 Å². The summed E-state index contributed by atoms with van der Waals surface area (Å²) in [5.74, 6) is 1.70. The molecule has 6 nitrogen and oxygen atoms in total. The van der Waals surface area contributed by atoms with Gasteiger partial charge in [-0.1, -0.05) is 12.1 Å². The summed E-state index contributed by atoms with van der Waals surface area (Å²) in [6, 6.07) is 8.36. The molecule has 0 bridgehead atoms. The highest BCUT2D eigenvalue weighted by Gasteiger charge is 2.15. The molecule has 0 spiro atoms. The summed E-state index contributed by atoms with van der Waals surface area (Å²) in [5.41, 5.74) is 2.16. The third-order valence-electron chi connectivity index (χ3n) is 3.90. The van der Waals surface area contributed by atoms with Crippen LogP contribution in [0.4, 0.5) is 5.82 Å². The lowest BCUT2D eigenvalue weighted by atomic mass is 10.1. The van der Waals surface area contributed by atoms with Crippen molar-refractivity contribution in [1.29, 1.82) is 0 Å². The second-order valence-corrected chi connectivity index (χ2v) is 5.60. The Hall–Kier alpha value is -2.60. The average molecular weight is 311 g/mol. The van der Waals surface area contributed by atoms with E-state index in [0.717, 1.165) is 23.6 Å². The molecule has 6 heteroatoms. The summed E-state index contributed by atoms with van der Waals surface area (Å²) in [6.07, 6.45) is 7.24. The lowest BCUT2D eigenvalue weighted by molar-refractivity contribution is 0.310. The fourth-order valence-electron chi connectivity index (χ4n) is 2.63. The number of imidazole rings is 1. The van der Waals surface area contributed by atoms with E-state index in [9.17, 15) is 0 Å². The van der Waals surface area contributed by atoms with E-state index in [0.29, 0.717) is 0 Å². The minimum absolute atomic E-state index is 0.204. The van der Waals surface area contributed by atoms with Gasteiger partial charge in [-0.25, -0.2) is 9.97 Å². The van der Waals surface area contributed by atoms with Gasteiger partial charge < -0.3 is 19.4 Å². The van der Waals surface area contributed by atoms with Gasteiger partial charge in [-0.2, -0.15) is 0 Å². The molecule has 0 aliphatic carbocycles. The molecule has 0 aliphatic heterocycles. The molecule has 1 aromatic carbocycles. The zero-order valence-electron chi connectivity index (χ0n) is 13.6. The summed E-state index contributed by atoms with van der Waals surface area (Å²) in [6.45, 7) is 0.734. The number of hydrogen-bond donors (Lipinski definition) is 1. The van der Waals surface area contributed by atoms with Gasteiger partial charge >= 0.3 is 0 Å². The second kappa shape index (κ2) is 6.66. The highest BCUT2D eigenvalue weighted by molar-refractivity contribution is 5.66. The van der Waals surface area contributed by atoms with Crippen LogP contribution in [0.25, 0.3) is 5.52 Å². The summed E-state index contributed by atoms with van der Waals surface area (Å²) >= 11 is 0. The van der Waals surface area contributed by atoms with Crippen molar-refractivity contribution in [2.24, 2.45) is 0 Å². The van der Waals surface area contributed by atoms with E-state index in [1.54, 1.807) is 19.6 Å². The number of anilines is 1. The summed E-state index contributed by atoms with van der Waals surface area (Å²) in [7, 11) is 5.82. The molecular formula is C17H21N5O. The molecule has 3 rings (SSSR count). The van der Waals surface area contributed by atoms with Gasteiger partial charge in [0, 0.05) is 18.9 Å². The molecule has 1 N–H and O–H groups in total. The minimum Gasteiger partial charge on any atom is -0.497 e. The predicted molar refractivity (Wildman–Crippen MR) is 90.9 cm³/mol. The van der Waals surface area contributed by atoms with Crippen LogP contribution in [0.5, 0.6) is 5.75 Å². The monoisotopic (exact) mass is 311 g/mol. The number of likely N-dealkylation sites (N-methyl/N-ethyl adjacent to an activating group) is 1. The Morgan fingerprint density at radius 2 is 2.22 bits per heavy atom. The zero-order chi connectivity index (χ0) is 16.2. The Bertz CT molecular complexity index is 783. The van der Waals surface area contributed by atoms with Crippen LogP contribution < -0.4 is 10.1 Å². The Kier molecular flexibility index (Phi) is 4.43. The maximum absolute atomic E-state index is 5.33. The predicted octanol–water partition coefficient (Wildman–Crippen LogP) is 2.45. The van der Waals surface area contributed by atoms with Crippen molar-refractivity contribution in [1.82, 2.24) is 19.3 Å². The first-order chi connectivity index (χ1) is 11.2. The summed E-state index contributed by atoms with van der Waals surface area (Å²) in [4.78, 5) is 10.8. The smallest absolute Gasteiger partial charge is 0.152 e. The van der Waals surface area contributed by atoms with Crippen LogP contribution in [-0.4, -0.2) is 47.0 Å². The number of nitrogens with zero attached hydrogens (tertiary/aromatic N) is 4. The van der Waals surface area contributed by atoms with E-state index in [4.69, 9.17) is 4.74 Å². The van der Waals surface area contributed by atoms with Crippen LogP contribution in [0.1, 0.15) is 11.6 Å². The lowest BCUT2D eigenvalue weighted by Gasteiger charge is -2.25. The van der Waals surface area contributed by atoms with Crippen molar-refractivity contribution < 1.29 is 4.74 Å². The first-order valence-corrected chi connectivity index (χ1v) is 7.50. The number of benzene rings is 1. The number of aromatic nitrogens is 3. The van der Waals surface area contributed by atoms with E-state index >= 15 is 0 Å². The molecule has 0 saturated carbocycles. The molecule has 0 radical (unpaired) electrons. The Morgan fingerprint density at radius 1 is 1.35 bits per heavy atom. The second-order valence-electron chi connectivity index (χ2n) is 5.60. The van der Waals surface area contributed by atoms with Gasteiger partial charge in [0.2, 0.25) is 0 Å². The molecule has 0 saturated heterocycles. The molecule has 3 aromatic rings. The quantitative estimate of drug-likeness (QED) is 0.758. The molecule has 23 heavy (non-hydrogen) atoms. The van der Waals surface area contributed by atoms with Crippen molar-refractivity contribution in [2.45, 2.75) is 6.04 Å². The molecule has 120 valence electrons. The summed E-state index contributed by atoms with van der Waals surface area (Å²) in [5, 5.41) is 3.44. The van der Waals surface area contributed by atoms with E-state index < -0.39 is 0 Å². The van der Waals surface area contributed by atoms with E-state index in [1.165, 1.54) is 5.56 Å². The SMILES string of the molecule is COc1cccc(C(CNc2nccn3cncc23)N(C)C)c1. The molecule has 0 fully saturated rings. The number of methoxy groups -OCH3 is 1. The number of fused-ring (bicyclic) bond motifs is 1. The third-order valence-corrected chi connectivity index (χ3v) is 3.90. The first-order valence-electron chi connectivity index (χ1n) is 7.50. The van der Waals surface area contributed by atoms with E-state index in [2.05, 4.69) is 46.4 Å². The number of nitrogens with one attached hydrogen (secondary N) is 1. The number of hydrogen-bond acceptors (Lipinski definition) is 5. The highest BCUT2D eigenvalue weighted by Crippen LogP contribution is 2.23. The normalized spacial score (nSPS) is 12.5. The third kappa shape index (κ3) is 3.27. The Balaban J connectivity index is 1.81. The van der Waals surface area contributed by atoms with Crippen LogP contribution in [0.15, 0.2) is 49.2 Å². The van der Waals surface area contributed by atoms with Crippen molar-refractivity contribution in [2.75, 3.05) is 33.1 Å². The van der Waals surface area contributed by atoms with Gasteiger partial charge in [0.25, 0.3) is 0 Å². The maximum Gasteiger partial charge on any atom is 0.152 e. The highest BCUT2D eigenvalue weighted by atomic mass is 16.5. The molecule has 1 unspecified atom stereocenters. The van der Waals surface area contributed by atoms with Crippen molar-refractivity contribution in [3.8, 4) is 5.75 Å². The lowest BCUT2D eigenvalue weighted by Crippen LogP contribution is -2.27. The van der Waals surface area contributed by atoms with Crippen molar-refractivity contribution in [3.63, 3.8) is 0 Å². The molecule has 1 atom stereocenters. The summed E-state index contributed by atoms with van der Waals surface area (Å²) < 4.78 is 7.28. The fraction of sp³-hybridized carbons (Fsp3) is 0.294. The molecule has 0 aliphatic rings. The van der Waals surface area contributed by atoms with Crippen LogP contribution in [0, 0.1) is 0 Å². The van der Waals surface area contributed by atoms with Gasteiger partial charge in [-0.3, -0.25) is 0 Å². The van der Waals surface area contributed by atoms with Gasteiger partial charge in [0.1, 0.15) is 11.3 Å². The van der Waals surface area contributed by atoms with Gasteiger partial charge in [0.15, 0.2) is 5.82 Å².